The van der Waals surface area contributed by atoms with Crippen molar-refractivity contribution in [3.05, 3.63) is 26.8 Å². The van der Waals surface area contributed by atoms with Gasteiger partial charge in [-0.2, -0.15) is 4.39 Å². The highest BCUT2D eigenvalue weighted by Gasteiger charge is 2.22. The number of alkyl halides is 2. The highest BCUT2D eigenvalue weighted by atomic mass is 127. The first kappa shape index (κ1) is 11.7. The van der Waals surface area contributed by atoms with Gasteiger partial charge in [-0.1, -0.05) is 0 Å². The molecule has 0 atom stereocenters. The van der Waals surface area contributed by atoms with Crippen LogP contribution in [0.15, 0.2) is 6.20 Å². The molecule has 7 heteroatoms. The number of carbonyl (C=O) groups excluding carboxylic acids is 1. The standard InChI is InChI=1S/C7H2ClF3INO/c8-5(14)3-4(12)2(6(9)10)1-13-7(3)11/h1,6H. The monoisotopic (exact) mass is 335 g/mol. The second-order valence-electron chi connectivity index (χ2n) is 2.27. The van der Waals surface area contributed by atoms with Gasteiger partial charge >= 0.3 is 0 Å². The van der Waals surface area contributed by atoms with Crippen LogP contribution in [0.25, 0.3) is 0 Å². The number of rotatable bonds is 2. The predicted octanol–water partition coefficient (Wildman–Crippen LogP) is 3.14. The van der Waals surface area contributed by atoms with Crippen LogP contribution in [-0.2, 0) is 0 Å². The zero-order chi connectivity index (χ0) is 10.9. The molecule has 1 heterocycles. The Labute approximate surface area is 95.6 Å². The van der Waals surface area contributed by atoms with E-state index in [1.807, 2.05) is 0 Å². The van der Waals surface area contributed by atoms with E-state index in [0.29, 0.717) is 6.20 Å². The molecule has 0 radical (unpaired) electrons. The SMILES string of the molecule is O=C(Cl)c1c(F)ncc(C(F)F)c1I. The number of hydrogen-bond acceptors (Lipinski definition) is 2. The van der Waals surface area contributed by atoms with Crippen LogP contribution in [0.1, 0.15) is 22.3 Å². The number of pyridine rings is 1. The summed E-state index contributed by atoms with van der Waals surface area (Å²) in [6, 6.07) is 0. The molecule has 0 bridgehead atoms. The van der Waals surface area contributed by atoms with Crippen LogP contribution >= 0.6 is 34.2 Å². The largest absolute Gasteiger partial charge is 0.275 e. The Morgan fingerprint density at radius 2 is 2.14 bits per heavy atom. The first-order valence-electron chi connectivity index (χ1n) is 3.27. The normalized spacial score (nSPS) is 10.7. The van der Waals surface area contributed by atoms with Crippen LogP contribution in [-0.4, -0.2) is 10.2 Å². The second-order valence-corrected chi connectivity index (χ2v) is 3.69. The van der Waals surface area contributed by atoms with Crippen molar-refractivity contribution in [2.45, 2.75) is 6.43 Å². The van der Waals surface area contributed by atoms with Crippen LogP contribution in [0.4, 0.5) is 13.2 Å². The average molecular weight is 335 g/mol. The number of nitrogens with zero attached hydrogens (tertiary/aromatic N) is 1. The summed E-state index contributed by atoms with van der Waals surface area (Å²) >= 11 is 6.45. The van der Waals surface area contributed by atoms with E-state index in [4.69, 9.17) is 11.6 Å². The molecule has 0 saturated heterocycles. The lowest BCUT2D eigenvalue weighted by atomic mass is 10.2. The minimum atomic E-state index is -2.82. The van der Waals surface area contributed by atoms with E-state index in [9.17, 15) is 18.0 Å². The van der Waals surface area contributed by atoms with Gasteiger partial charge in [0.15, 0.2) is 0 Å². The molecule has 0 aliphatic carbocycles. The van der Waals surface area contributed by atoms with Gasteiger partial charge in [0, 0.05) is 9.77 Å². The summed E-state index contributed by atoms with van der Waals surface area (Å²) in [5.74, 6) is -1.14. The van der Waals surface area contributed by atoms with Gasteiger partial charge in [-0.05, 0) is 34.2 Å². The molecule has 0 aliphatic heterocycles. The lowest BCUT2D eigenvalue weighted by Gasteiger charge is -2.05. The third-order valence-electron chi connectivity index (χ3n) is 1.43. The smallest absolute Gasteiger partial charge is 0.266 e. The quantitative estimate of drug-likeness (QED) is 0.472. The molecular weight excluding hydrogens is 333 g/mol. The molecule has 0 aliphatic rings. The van der Waals surface area contributed by atoms with Crippen LogP contribution < -0.4 is 0 Å². The third-order valence-corrected chi connectivity index (χ3v) is 2.78. The molecule has 0 N–H and O–H groups in total. The molecule has 0 aromatic carbocycles. The Kier molecular flexibility index (Phi) is 3.71. The lowest BCUT2D eigenvalue weighted by molar-refractivity contribution is 0.107. The summed E-state index contributed by atoms with van der Waals surface area (Å²) < 4.78 is 37.2. The van der Waals surface area contributed by atoms with Gasteiger partial charge in [-0.15, -0.1) is 0 Å². The highest BCUT2D eigenvalue weighted by molar-refractivity contribution is 14.1. The Morgan fingerprint density at radius 3 is 2.57 bits per heavy atom. The second kappa shape index (κ2) is 4.43. The van der Waals surface area contributed by atoms with Crippen molar-refractivity contribution in [2.24, 2.45) is 0 Å². The molecule has 2 nitrogen and oxygen atoms in total. The summed E-state index contributed by atoms with van der Waals surface area (Å²) in [5, 5.41) is -1.14. The van der Waals surface area contributed by atoms with Crippen molar-refractivity contribution >= 4 is 39.4 Å². The minimum absolute atomic E-state index is 0.204. The molecule has 1 aromatic heterocycles. The maximum absolute atomic E-state index is 12.9. The van der Waals surface area contributed by atoms with E-state index in [1.165, 1.54) is 22.6 Å². The molecule has 0 unspecified atom stereocenters. The third kappa shape index (κ3) is 2.17. The zero-order valence-corrected chi connectivity index (χ0v) is 9.31. The summed E-state index contributed by atoms with van der Waals surface area (Å²) in [4.78, 5) is 13.7. The fraction of sp³-hybridized carbons (Fsp3) is 0.143. The van der Waals surface area contributed by atoms with Crippen LogP contribution in [0.2, 0.25) is 0 Å². The maximum atomic E-state index is 12.9. The van der Waals surface area contributed by atoms with E-state index in [-0.39, 0.29) is 3.57 Å². The molecule has 1 aromatic rings. The Bertz CT molecular complexity index is 385. The molecular formula is C7H2ClF3INO. The molecule has 1 rings (SSSR count). The summed E-state index contributed by atoms with van der Waals surface area (Å²) in [5.41, 5.74) is -1.11. The van der Waals surface area contributed by atoms with Gasteiger partial charge in [0.2, 0.25) is 5.95 Å². The number of carbonyl (C=O) groups is 1. The van der Waals surface area contributed by atoms with Crippen molar-refractivity contribution in [3.8, 4) is 0 Å². The zero-order valence-electron chi connectivity index (χ0n) is 6.40. The van der Waals surface area contributed by atoms with Gasteiger partial charge in [-0.3, -0.25) is 4.79 Å². The fourth-order valence-corrected chi connectivity index (χ4v) is 1.98. The maximum Gasteiger partial charge on any atom is 0.266 e. The summed E-state index contributed by atoms with van der Waals surface area (Å²) in [6.07, 6.45) is -2.13. The van der Waals surface area contributed by atoms with Crippen LogP contribution in [0.5, 0.6) is 0 Å². The number of aromatic nitrogens is 1. The molecule has 14 heavy (non-hydrogen) atoms. The van der Waals surface area contributed by atoms with E-state index in [0.717, 1.165) is 0 Å². The van der Waals surface area contributed by atoms with Crippen molar-refractivity contribution in [3.63, 3.8) is 0 Å². The lowest BCUT2D eigenvalue weighted by Crippen LogP contribution is -2.05. The predicted molar refractivity (Wildman–Crippen MR) is 52.1 cm³/mol. The molecule has 76 valence electrons. The minimum Gasteiger partial charge on any atom is -0.275 e. The average Bonchev–Trinajstić information content (AvgIpc) is 2.02. The van der Waals surface area contributed by atoms with E-state index >= 15 is 0 Å². The van der Waals surface area contributed by atoms with Crippen molar-refractivity contribution in [1.29, 1.82) is 0 Å². The molecule has 0 amide bonds. The van der Waals surface area contributed by atoms with Gasteiger partial charge in [0.1, 0.15) is 5.56 Å². The first-order chi connectivity index (χ1) is 6.45. The molecule has 0 fully saturated rings. The van der Waals surface area contributed by atoms with E-state index in [1.54, 1.807) is 0 Å². The summed E-state index contributed by atoms with van der Waals surface area (Å²) in [7, 11) is 0. The molecule has 0 spiro atoms. The number of halogens is 5. The Morgan fingerprint density at radius 1 is 1.57 bits per heavy atom. The first-order valence-corrected chi connectivity index (χ1v) is 4.72. The van der Waals surface area contributed by atoms with Gasteiger partial charge in [0.25, 0.3) is 11.7 Å². The topological polar surface area (TPSA) is 30.0 Å². The van der Waals surface area contributed by atoms with Crippen LogP contribution in [0, 0.1) is 9.52 Å². The van der Waals surface area contributed by atoms with Crippen LogP contribution in [0.3, 0.4) is 0 Å². The van der Waals surface area contributed by atoms with E-state index < -0.39 is 28.7 Å². The van der Waals surface area contributed by atoms with Gasteiger partial charge < -0.3 is 0 Å². The van der Waals surface area contributed by atoms with Crippen molar-refractivity contribution in [2.75, 3.05) is 0 Å². The van der Waals surface area contributed by atoms with Gasteiger partial charge in [-0.25, -0.2) is 13.8 Å². The fourth-order valence-electron chi connectivity index (χ4n) is 0.802. The van der Waals surface area contributed by atoms with E-state index in [2.05, 4.69) is 4.98 Å². The van der Waals surface area contributed by atoms with Crippen molar-refractivity contribution < 1.29 is 18.0 Å². The highest BCUT2D eigenvalue weighted by Crippen LogP contribution is 2.27. The van der Waals surface area contributed by atoms with Gasteiger partial charge in [0.05, 0.1) is 5.56 Å². The van der Waals surface area contributed by atoms with Crippen molar-refractivity contribution in [1.82, 2.24) is 4.98 Å². The Balaban J connectivity index is 3.41. The molecule has 0 saturated carbocycles. The Hall–Kier alpha value is -0.370. The summed E-state index contributed by atoms with van der Waals surface area (Å²) in [6.45, 7) is 0. The number of hydrogen-bond donors (Lipinski definition) is 0.